The van der Waals surface area contributed by atoms with E-state index in [1.807, 2.05) is 25.1 Å². The Balaban J connectivity index is 1.78. The summed E-state index contributed by atoms with van der Waals surface area (Å²) in [5, 5.41) is 6.55. The van der Waals surface area contributed by atoms with Crippen molar-refractivity contribution >= 4 is 5.96 Å². The van der Waals surface area contributed by atoms with Gasteiger partial charge in [0.25, 0.3) is 0 Å². The number of para-hydroxylation sites is 1. The van der Waals surface area contributed by atoms with Crippen LogP contribution in [0.4, 0.5) is 0 Å². The third-order valence-corrected chi connectivity index (χ3v) is 3.97. The van der Waals surface area contributed by atoms with E-state index in [1.165, 1.54) is 0 Å². The summed E-state index contributed by atoms with van der Waals surface area (Å²) in [5.74, 6) is 3.19. The lowest BCUT2D eigenvalue weighted by atomic mass is 9.94. The number of nitrogens with one attached hydrogen (secondary N) is 2. The van der Waals surface area contributed by atoms with Crippen molar-refractivity contribution in [2.24, 2.45) is 4.99 Å². The molecule has 0 unspecified atom stereocenters. The molecule has 0 aliphatic carbocycles. The molecule has 6 heteroatoms. The summed E-state index contributed by atoms with van der Waals surface area (Å²) in [7, 11) is 0. The molecule has 2 rings (SSSR count). The molecule has 1 aromatic heterocycles. The molecular formula is C21H32N4O2. The number of guanidine groups is 1. The van der Waals surface area contributed by atoms with Gasteiger partial charge in [0.1, 0.15) is 18.1 Å². The third-order valence-electron chi connectivity index (χ3n) is 3.97. The number of rotatable bonds is 8. The van der Waals surface area contributed by atoms with Gasteiger partial charge in [0.05, 0.1) is 12.8 Å². The minimum Gasteiger partial charge on any atom is -0.493 e. The van der Waals surface area contributed by atoms with Crippen LogP contribution < -0.4 is 15.4 Å². The van der Waals surface area contributed by atoms with Gasteiger partial charge in [-0.25, -0.2) is 9.98 Å². The summed E-state index contributed by atoms with van der Waals surface area (Å²) < 4.78 is 11.6. The van der Waals surface area contributed by atoms with Crippen molar-refractivity contribution in [2.45, 2.75) is 53.0 Å². The molecule has 0 amide bonds. The SMILES string of the molecule is CCNC(=NCc1ncc(C(C)(C)C)o1)NCCCOc1ccccc1C. The molecule has 0 saturated heterocycles. The van der Waals surface area contributed by atoms with E-state index < -0.39 is 0 Å². The number of hydrogen-bond donors (Lipinski definition) is 2. The second-order valence-electron chi connectivity index (χ2n) is 7.46. The van der Waals surface area contributed by atoms with Crippen LogP contribution >= 0.6 is 0 Å². The number of hydrogen-bond acceptors (Lipinski definition) is 4. The van der Waals surface area contributed by atoms with Gasteiger partial charge in [-0.05, 0) is 31.9 Å². The quantitative estimate of drug-likeness (QED) is 0.419. The lowest BCUT2D eigenvalue weighted by Crippen LogP contribution is -2.38. The molecule has 0 radical (unpaired) electrons. The van der Waals surface area contributed by atoms with Crippen LogP contribution in [0.2, 0.25) is 0 Å². The number of aromatic nitrogens is 1. The molecule has 1 heterocycles. The van der Waals surface area contributed by atoms with Gasteiger partial charge < -0.3 is 19.8 Å². The van der Waals surface area contributed by atoms with Crippen LogP contribution in [-0.4, -0.2) is 30.6 Å². The van der Waals surface area contributed by atoms with Crippen LogP contribution in [0, 0.1) is 6.92 Å². The summed E-state index contributed by atoms with van der Waals surface area (Å²) >= 11 is 0. The highest BCUT2D eigenvalue weighted by atomic mass is 16.5. The van der Waals surface area contributed by atoms with Gasteiger partial charge >= 0.3 is 0 Å². The molecule has 27 heavy (non-hydrogen) atoms. The van der Waals surface area contributed by atoms with Crippen molar-refractivity contribution in [2.75, 3.05) is 19.7 Å². The number of aryl methyl sites for hydroxylation is 1. The average Bonchev–Trinajstić information content (AvgIpc) is 3.10. The summed E-state index contributed by atoms with van der Waals surface area (Å²) in [4.78, 5) is 8.86. The van der Waals surface area contributed by atoms with Crippen LogP contribution in [0.15, 0.2) is 39.9 Å². The molecular weight excluding hydrogens is 340 g/mol. The normalized spacial score (nSPS) is 12.1. The van der Waals surface area contributed by atoms with Crippen molar-refractivity contribution in [3.63, 3.8) is 0 Å². The van der Waals surface area contributed by atoms with Crippen molar-refractivity contribution in [3.8, 4) is 5.75 Å². The lowest BCUT2D eigenvalue weighted by molar-refractivity contribution is 0.309. The van der Waals surface area contributed by atoms with Crippen LogP contribution in [0.1, 0.15) is 51.3 Å². The summed E-state index contributed by atoms with van der Waals surface area (Å²) in [5.41, 5.74) is 1.11. The van der Waals surface area contributed by atoms with E-state index in [2.05, 4.69) is 54.4 Å². The van der Waals surface area contributed by atoms with Gasteiger partial charge in [-0.2, -0.15) is 0 Å². The Morgan fingerprint density at radius 2 is 2.00 bits per heavy atom. The van der Waals surface area contributed by atoms with Gasteiger partial charge in [0.2, 0.25) is 5.89 Å². The Morgan fingerprint density at radius 1 is 1.22 bits per heavy atom. The first-order valence-electron chi connectivity index (χ1n) is 9.56. The topological polar surface area (TPSA) is 71.7 Å². The second-order valence-corrected chi connectivity index (χ2v) is 7.46. The minimum atomic E-state index is -0.0468. The smallest absolute Gasteiger partial charge is 0.216 e. The Morgan fingerprint density at radius 3 is 2.67 bits per heavy atom. The molecule has 0 bridgehead atoms. The summed E-state index contributed by atoms with van der Waals surface area (Å²) in [6, 6.07) is 8.05. The van der Waals surface area contributed by atoms with Gasteiger partial charge in [0, 0.05) is 18.5 Å². The third kappa shape index (κ3) is 6.96. The Bertz CT molecular complexity index is 732. The maximum Gasteiger partial charge on any atom is 0.216 e. The first-order valence-corrected chi connectivity index (χ1v) is 9.56. The van der Waals surface area contributed by atoms with E-state index in [0.29, 0.717) is 19.0 Å². The molecule has 2 N–H and O–H groups in total. The zero-order valence-electron chi connectivity index (χ0n) is 17.1. The number of oxazole rings is 1. The zero-order chi connectivity index (χ0) is 19.7. The predicted molar refractivity (Wildman–Crippen MR) is 109 cm³/mol. The van der Waals surface area contributed by atoms with Crippen LogP contribution in [0.3, 0.4) is 0 Å². The lowest BCUT2D eigenvalue weighted by Gasteiger charge is -2.13. The molecule has 0 atom stereocenters. The fourth-order valence-electron chi connectivity index (χ4n) is 2.40. The monoisotopic (exact) mass is 372 g/mol. The molecule has 0 aliphatic rings. The molecule has 0 aliphatic heterocycles. The second kappa shape index (κ2) is 10.00. The molecule has 6 nitrogen and oxygen atoms in total. The molecule has 148 valence electrons. The fraction of sp³-hybridized carbons (Fsp3) is 0.524. The van der Waals surface area contributed by atoms with Crippen molar-refractivity contribution in [1.29, 1.82) is 0 Å². The van der Waals surface area contributed by atoms with E-state index in [-0.39, 0.29) is 5.41 Å². The number of benzene rings is 1. The first kappa shape index (κ1) is 20.8. The Kier molecular flexibility index (Phi) is 7.70. The largest absolute Gasteiger partial charge is 0.493 e. The standard InChI is InChI=1S/C21H32N4O2/c1-6-22-20(25-15-19-24-14-18(27-19)21(3,4)5)23-12-9-13-26-17-11-8-7-10-16(17)2/h7-8,10-11,14H,6,9,12-13,15H2,1-5H3,(H2,22,23,25). The average molecular weight is 373 g/mol. The Labute approximate surface area is 162 Å². The van der Waals surface area contributed by atoms with Gasteiger partial charge in [-0.15, -0.1) is 0 Å². The highest BCUT2D eigenvalue weighted by molar-refractivity contribution is 5.79. The zero-order valence-corrected chi connectivity index (χ0v) is 17.1. The highest BCUT2D eigenvalue weighted by Gasteiger charge is 2.18. The molecule has 0 spiro atoms. The fourth-order valence-corrected chi connectivity index (χ4v) is 2.40. The number of ether oxygens (including phenoxy) is 1. The van der Waals surface area contributed by atoms with Crippen molar-refractivity contribution in [1.82, 2.24) is 15.6 Å². The van der Waals surface area contributed by atoms with Gasteiger partial charge in [0.15, 0.2) is 5.96 Å². The van der Waals surface area contributed by atoms with Gasteiger partial charge in [-0.1, -0.05) is 39.0 Å². The van der Waals surface area contributed by atoms with E-state index in [9.17, 15) is 0 Å². The Hall–Kier alpha value is -2.50. The van der Waals surface area contributed by atoms with Crippen LogP contribution in [0.5, 0.6) is 5.75 Å². The molecule has 2 aromatic rings. The van der Waals surface area contributed by atoms with E-state index >= 15 is 0 Å². The van der Waals surface area contributed by atoms with Crippen LogP contribution in [0.25, 0.3) is 0 Å². The maximum absolute atomic E-state index is 5.82. The number of aliphatic imine (C=N–C) groups is 1. The van der Waals surface area contributed by atoms with Crippen LogP contribution in [-0.2, 0) is 12.0 Å². The molecule has 1 aromatic carbocycles. The first-order chi connectivity index (χ1) is 12.9. The van der Waals surface area contributed by atoms with E-state index in [1.54, 1.807) is 6.20 Å². The summed E-state index contributed by atoms with van der Waals surface area (Å²) in [6.07, 6.45) is 2.67. The van der Waals surface area contributed by atoms with Crippen molar-refractivity contribution < 1.29 is 9.15 Å². The number of nitrogens with zero attached hydrogens (tertiary/aromatic N) is 2. The summed E-state index contributed by atoms with van der Waals surface area (Å²) in [6.45, 7) is 13.0. The highest BCUT2D eigenvalue weighted by Crippen LogP contribution is 2.22. The predicted octanol–water partition coefficient (Wildman–Crippen LogP) is 3.80. The van der Waals surface area contributed by atoms with Crippen molar-refractivity contribution in [3.05, 3.63) is 47.7 Å². The molecule has 0 saturated carbocycles. The van der Waals surface area contributed by atoms with E-state index in [0.717, 1.165) is 42.5 Å². The maximum atomic E-state index is 5.82. The minimum absolute atomic E-state index is 0.0468. The van der Waals surface area contributed by atoms with Gasteiger partial charge in [-0.3, -0.25) is 0 Å². The molecule has 0 fully saturated rings. The van der Waals surface area contributed by atoms with E-state index in [4.69, 9.17) is 9.15 Å².